The number of rotatable bonds is 5. The molecule has 1 aromatic heterocycles. The van der Waals surface area contributed by atoms with E-state index in [1.54, 1.807) is 11.3 Å². The van der Waals surface area contributed by atoms with Gasteiger partial charge in [-0.1, -0.05) is 18.2 Å². The number of benzene rings is 1. The summed E-state index contributed by atoms with van der Waals surface area (Å²) < 4.78 is 7.20. The van der Waals surface area contributed by atoms with Crippen LogP contribution in [0.15, 0.2) is 29.6 Å². The first-order valence-electron chi connectivity index (χ1n) is 6.64. The molecule has 3 rings (SSSR count). The van der Waals surface area contributed by atoms with Crippen LogP contribution in [0.4, 0.5) is 0 Å². The van der Waals surface area contributed by atoms with Crippen molar-refractivity contribution in [3.05, 3.63) is 35.2 Å². The normalized spacial score (nSPS) is 19.0. The minimum atomic E-state index is -0.000185. The van der Waals surface area contributed by atoms with Crippen molar-refractivity contribution in [3.8, 4) is 0 Å². The Balaban J connectivity index is 1.94. The Hall–Kier alpha value is -0.900. The first-order chi connectivity index (χ1) is 8.81. The SMILES string of the molecule is CCOC(C1CC1)C(N)c1cccc2ccsc12. The smallest absolute Gasteiger partial charge is 0.0796 e. The molecule has 2 aromatic rings. The molecule has 0 amide bonds. The Bertz CT molecular complexity index is 532. The summed E-state index contributed by atoms with van der Waals surface area (Å²) in [6.45, 7) is 2.79. The molecule has 3 heteroatoms. The first-order valence-corrected chi connectivity index (χ1v) is 7.52. The summed E-state index contributed by atoms with van der Waals surface area (Å²) in [5.41, 5.74) is 7.72. The van der Waals surface area contributed by atoms with Crippen LogP contribution in [-0.4, -0.2) is 12.7 Å². The zero-order chi connectivity index (χ0) is 12.5. The number of nitrogens with two attached hydrogens (primary N) is 1. The molecule has 18 heavy (non-hydrogen) atoms. The summed E-state index contributed by atoms with van der Waals surface area (Å²) in [4.78, 5) is 0. The molecular weight excluding hydrogens is 242 g/mol. The number of ether oxygens (including phenoxy) is 1. The van der Waals surface area contributed by atoms with Crippen LogP contribution < -0.4 is 5.73 Å². The van der Waals surface area contributed by atoms with Crippen LogP contribution >= 0.6 is 11.3 Å². The maximum atomic E-state index is 6.47. The van der Waals surface area contributed by atoms with Crippen molar-refractivity contribution in [1.82, 2.24) is 0 Å². The topological polar surface area (TPSA) is 35.2 Å². The summed E-state index contributed by atoms with van der Waals surface area (Å²) in [5.74, 6) is 0.662. The van der Waals surface area contributed by atoms with Crippen molar-refractivity contribution in [2.45, 2.75) is 31.9 Å². The van der Waals surface area contributed by atoms with E-state index in [0.717, 1.165) is 6.61 Å². The van der Waals surface area contributed by atoms with Gasteiger partial charge in [0.15, 0.2) is 0 Å². The highest BCUT2D eigenvalue weighted by molar-refractivity contribution is 7.17. The summed E-state index contributed by atoms with van der Waals surface area (Å²) in [5, 5.41) is 3.42. The molecule has 1 aromatic carbocycles. The Morgan fingerprint density at radius 1 is 1.39 bits per heavy atom. The van der Waals surface area contributed by atoms with E-state index < -0.39 is 0 Å². The second kappa shape index (κ2) is 5.00. The number of thiophene rings is 1. The molecule has 96 valence electrons. The fourth-order valence-corrected chi connectivity index (χ4v) is 3.57. The maximum Gasteiger partial charge on any atom is 0.0796 e. The highest BCUT2D eigenvalue weighted by Gasteiger charge is 2.36. The highest BCUT2D eigenvalue weighted by Crippen LogP contribution is 2.41. The summed E-state index contributed by atoms with van der Waals surface area (Å²) in [6.07, 6.45) is 2.71. The third-order valence-corrected chi connectivity index (χ3v) is 4.65. The van der Waals surface area contributed by atoms with Crippen molar-refractivity contribution in [2.75, 3.05) is 6.61 Å². The molecule has 1 fully saturated rings. The summed E-state index contributed by atoms with van der Waals surface area (Å²) in [6, 6.07) is 8.55. The summed E-state index contributed by atoms with van der Waals surface area (Å²) >= 11 is 1.77. The molecule has 1 saturated carbocycles. The Morgan fingerprint density at radius 2 is 2.22 bits per heavy atom. The third kappa shape index (κ3) is 2.18. The van der Waals surface area contributed by atoms with Gasteiger partial charge in [0, 0.05) is 11.3 Å². The lowest BCUT2D eigenvalue weighted by atomic mass is 9.98. The van der Waals surface area contributed by atoms with Crippen LogP contribution in [0, 0.1) is 5.92 Å². The Kier molecular flexibility index (Phi) is 3.37. The second-order valence-corrected chi connectivity index (χ2v) is 5.89. The lowest BCUT2D eigenvalue weighted by Crippen LogP contribution is -2.31. The molecule has 0 saturated heterocycles. The highest BCUT2D eigenvalue weighted by atomic mass is 32.1. The largest absolute Gasteiger partial charge is 0.376 e. The number of fused-ring (bicyclic) bond motifs is 1. The van der Waals surface area contributed by atoms with Gasteiger partial charge in [-0.2, -0.15) is 0 Å². The van der Waals surface area contributed by atoms with Crippen molar-refractivity contribution in [2.24, 2.45) is 11.7 Å². The van der Waals surface area contributed by atoms with Gasteiger partial charge in [0.25, 0.3) is 0 Å². The minimum Gasteiger partial charge on any atom is -0.376 e. The monoisotopic (exact) mass is 261 g/mol. The van der Waals surface area contributed by atoms with Crippen molar-refractivity contribution >= 4 is 21.4 Å². The van der Waals surface area contributed by atoms with Crippen LogP contribution in [0.1, 0.15) is 31.4 Å². The molecule has 0 radical (unpaired) electrons. The molecule has 1 aliphatic carbocycles. The van der Waals surface area contributed by atoms with E-state index in [4.69, 9.17) is 10.5 Å². The zero-order valence-electron chi connectivity index (χ0n) is 10.6. The Labute approximate surface area is 112 Å². The van der Waals surface area contributed by atoms with Gasteiger partial charge in [-0.05, 0) is 48.1 Å². The molecule has 0 aliphatic heterocycles. The van der Waals surface area contributed by atoms with Crippen LogP contribution in [0.2, 0.25) is 0 Å². The molecule has 1 aliphatic rings. The van der Waals surface area contributed by atoms with Gasteiger partial charge >= 0.3 is 0 Å². The van der Waals surface area contributed by atoms with Crippen molar-refractivity contribution in [3.63, 3.8) is 0 Å². The van der Waals surface area contributed by atoms with E-state index in [0.29, 0.717) is 5.92 Å². The standard InChI is InChI=1S/C15H19NOS/c1-2-17-14(10-6-7-10)13(16)12-5-3-4-11-8-9-18-15(11)12/h3-5,8-10,13-14H,2,6-7,16H2,1H3. The quantitative estimate of drug-likeness (QED) is 0.890. The van der Waals surface area contributed by atoms with E-state index in [1.807, 2.05) is 6.92 Å². The maximum absolute atomic E-state index is 6.47. The zero-order valence-corrected chi connectivity index (χ0v) is 11.5. The predicted octanol–water partition coefficient (Wildman–Crippen LogP) is 3.72. The first kappa shape index (κ1) is 12.2. The van der Waals surface area contributed by atoms with Gasteiger partial charge in [0.1, 0.15) is 0 Å². The average molecular weight is 261 g/mol. The predicted molar refractivity (Wildman–Crippen MR) is 76.9 cm³/mol. The van der Waals surface area contributed by atoms with Gasteiger partial charge in [0.2, 0.25) is 0 Å². The van der Waals surface area contributed by atoms with Gasteiger partial charge in [-0.25, -0.2) is 0 Å². The van der Waals surface area contributed by atoms with Crippen LogP contribution in [-0.2, 0) is 4.74 Å². The fourth-order valence-electron chi connectivity index (χ4n) is 2.61. The molecule has 1 heterocycles. The van der Waals surface area contributed by atoms with Gasteiger partial charge in [-0.3, -0.25) is 0 Å². The molecule has 0 bridgehead atoms. The number of hydrogen-bond acceptors (Lipinski definition) is 3. The van der Waals surface area contributed by atoms with E-state index in [-0.39, 0.29) is 12.1 Å². The van der Waals surface area contributed by atoms with E-state index in [1.165, 1.54) is 28.5 Å². The van der Waals surface area contributed by atoms with E-state index >= 15 is 0 Å². The lowest BCUT2D eigenvalue weighted by Gasteiger charge is -2.24. The molecule has 2 N–H and O–H groups in total. The summed E-state index contributed by atoms with van der Waals surface area (Å²) in [7, 11) is 0. The second-order valence-electron chi connectivity index (χ2n) is 4.97. The molecule has 2 nitrogen and oxygen atoms in total. The Morgan fingerprint density at radius 3 is 2.94 bits per heavy atom. The average Bonchev–Trinajstić information content (AvgIpc) is 3.11. The van der Waals surface area contributed by atoms with Gasteiger partial charge in [-0.15, -0.1) is 11.3 Å². The van der Waals surface area contributed by atoms with E-state index in [2.05, 4.69) is 29.6 Å². The lowest BCUT2D eigenvalue weighted by molar-refractivity contribution is 0.0286. The van der Waals surface area contributed by atoms with E-state index in [9.17, 15) is 0 Å². The number of hydrogen-bond donors (Lipinski definition) is 1. The molecule has 0 spiro atoms. The van der Waals surface area contributed by atoms with Crippen molar-refractivity contribution < 1.29 is 4.74 Å². The van der Waals surface area contributed by atoms with Gasteiger partial charge < -0.3 is 10.5 Å². The molecule has 2 atom stereocenters. The molecule has 2 unspecified atom stereocenters. The third-order valence-electron chi connectivity index (χ3n) is 3.67. The van der Waals surface area contributed by atoms with Crippen LogP contribution in [0.25, 0.3) is 10.1 Å². The van der Waals surface area contributed by atoms with Crippen molar-refractivity contribution in [1.29, 1.82) is 0 Å². The molecular formula is C15H19NOS. The fraction of sp³-hybridized carbons (Fsp3) is 0.467. The van der Waals surface area contributed by atoms with Gasteiger partial charge in [0.05, 0.1) is 12.1 Å². The van der Waals surface area contributed by atoms with Crippen LogP contribution in [0.5, 0.6) is 0 Å². The minimum absolute atomic E-state index is 0.000185. The van der Waals surface area contributed by atoms with Crippen LogP contribution in [0.3, 0.4) is 0 Å².